The summed E-state index contributed by atoms with van der Waals surface area (Å²) in [7, 11) is -2.74. The fourth-order valence-electron chi connectivity index (χ4n) is 2.56. The Labute approximate surface area is 159 Å². The lowest BCUT2D eigenvalue weighted by Gasteiger charge is -2.20. The Morgan fingerprint density at radius 3 is 2.11 bits per heavy atom. The second kappa shape index (κ2) is 8.19. The summed E-state index contributed by atoms with van der Waals surface area (Å²) in [4.78, 5) is 12.1. The van der Waals surface area contributed by atoms with Crippen LogP contribution in [0.3, 0.4) is 0 Å². The molecule has 0 saturated heterocycles. The zero-order chi connectivity index (χ0) is 20.2. The Kier molecular flexibility index (Phi) is 6.38. The summed E-state index contributed by atoms with van der Waals surface area (Å²) in [6.07, 6.45) is 0.0479. The van der Waals surface area contributed by atoms with E-state index in [1.165, 1.54) is 43.5 Å². The summed E-state index contributed by atoms with van der Waals surface area (Å²) in [5, 5.41) is 0. The van der Waals surface area contributed by atoms with Crippen molar-refractivity contribution in [1.82, 2.24) is 4.72 Å². The van der Waals surface area contributed by atoms with Gasteiger partial charge in [-0.1, -0.05) is 45.0 Å². The number of carbonyl (C=O) groups excluding carboxylic acids is 1. The molecule has 5 nitrogen and oxygen atoms in total. The SMILES string of the molecule is COC(=O)C(Cc1ccc(F)cc1)NS(=O)(=O)c1ccc(C(C)(C)C)cc1. The maximum atomic E-state index is 13.1. The molecule has 146 valence electrons. The lowest BCUT2D eigenvalue weighted by atomic mass is 9.87. The number of rotatable bonds is 6. The first-order valence-electron chi connectivity index (χ1n) is 8.48. The van der Waals surface area contributed by atoms with E-state index in [0.717, 1.165) is 5.56 Å². The molecule has 7 heteroatoms. The molecule has 0 aliphatic heterocycles. The zero-order valence-corrected chi connectivity index (χ0v) is 16.6. The summed E-state index contributed by atoms with van der Waals surface area (Å²) in [5.74, 6) is -1.12. The number of ether oxygens (including phenoxy) is 1. The smallest absolute Gasteiger partial charge is 0.324 e. The van der Waals surface area contributed by atoms with E-state index in [0.29, 0.717) is 5.56 Å². The van der Waals surface area contributed by atoms with E-state index in [1.54, 1.807) is 12.1 Å². The summed E-state index contributed by atoms with van der Waals surface area (Å²) in [6, 6.07) is 10.9. The highest BCUT2D eigenvalue weighted by atomic mass is 32.2. The van der Waals surface area contributed by atoms with Crippen molar-refractivity contribution in [3.05, 3.63) is 65.5 Å². The predicted octanol–water partition coefficient (Wildman–Crippen LogP) is 3.19. The van der Waals surface area contributed by atoms with E-state index in [2.05, 4.69) is 4.72 Å². The fraction of sp³-hybridized carbons (Fsp3) is 0.350. The monoisotopic (exact) mass is 393 g/mol. The quantitative estimate of drug-likeness (QED) is 0.765. The molecule has 0 radical (unpaired) electrons. The molecule has 1 unspecified atom stereocenters. The fourth-order valence-corrected chi connectivity index (χ4v) is 3.75. The number of hydrogen-bond donors (Lipinski definition) is 1. The second-order valence-corrected chi connectivity index (χ2v) is 9.02. The van der Waals surface area contributed by atoms with Crippen LogP contribution in [0.5, 0.6) is 0 Å². The Morgan fingerprint density at radius 1 is 1.07 bits per heavy atom. The minimum atomic E-state index is -3.93. The van der Waals surface area contributed by atoms with Gasteiger partial charge in [-0.3, -0.25) is 4.79 Å². The van der Waals surface area contributed by atoms with E-state index in [4.69, 9.17) is 4.74 Å². The van der Waals surface area contributed by atoms with Crippen molar-refractivity contribution >= 4 is 16.0 Å². The molecule has 1 N–H and O–H groups in total. The van der Waals surface area contributed by atoms with E-state index >= 15 is 0 Å². The Balaban J connectivity index is 2.24. The molecule has 0 spiro atoms. The highest BCUT2D eigenvalue weighted by Gasteiger charge is 2.27. The average Bonchev–Trinajstić information content (AvgIpc) is 2.61. The van der Waals surface area contributed by atoms with Crippen LogP contribution < -0.4 is 4.72 Å². The molecule has 2 aromatic rings. The molecule has 0 fully saturated rings. The van der Waals surface area contributed by atoms with Crippen molar-refractivity contribution in [2.75, 3.05) is 7.11 Å². The molecule has 27 heavy (non-hydrogen) atoms. The van der Waals surface area contributed by atoms with Crippen LogP contribution in [-0.2, 0) is 31.4 Å². The molecule has 0 saturated carbocycles. The van der Waals surface area contributed by atoms with Gasteiger partial charge >= 0.3 is 5.97 Å². The first kappa shape index (κ1) is 21.1. The molecule has 1 atom stereocenters. The van der Waals surface area contributed by atoms with Crippen molar-refractivity contribution in [2.45, 2.75) is 43.5 Å². The molecule has 0 aliphatic carbocycles. The van der Waals surface area contributed by atoms with Crippen LogP contribution in [-0.4, -0.2) is 27.5 Å². The third kappa shape index (κ3) is 5.61. The number of benzene rings is 2. The molecule has 0 bridgehead atoms. The first-order valence-corrected chi connectivity index (χ1v) is 9.96. The van der Waals surface area contributed by atoms with E-state index in [-0.39, 0.29) is 16.7 Å². The molecule has 0 aromatic heterocycles. The number of methoxy groups -OCH3 is 1. The highest BCUT2D eigenvalue weighted by molar-refractivity contribution is 7.89. The Morgan fingerprint density at radius 2 is 1.63 bits per heavy atom. The topological polar surface area (TPSA) is 72.5 Å². The zero-order valence-electron chi connectivity index (χ0n) is 15.8. The van der Waals surface area contributed by atoms with Crippen molar-refractivity contribution in [1.29, 1.82) is 0 Å². The van der Waals surface area contributed by atoms with E-state index < -0.39 is 27.9 Å². The third-order valence-corrected chi connectivity index (χ3v) is 5.65. The van der Waals surface area contributed by atoms with Gasteiger partial charge < -0.3 is 4.74 Å². The largest absolute Gasteiger partial charge is 0.468 e. The summed E-state index contributed by atoms with van der Waals surface area (Å²) < 4.78 is 45.5. The van der Waals surface area contributed by atoms with Crippen LogP contribution in [0.15, 0.2) is 53.4 Å². The van der Waals surface area contributed by atoms with Gasteiger partial charge in [0.15, 0.2) is 0 Å². The normalized spacial score (nSPS) is 13.2. The van der Waals surface area contributed by atoms with Crippen LogP contribution in [0, 0.1) is 5.82 Å². The lowest BCUT2D eigenvalue weighted by Crippen LogP contribution is -2.43. The number of esters is 1. The van der Waals surface area contributed by atoms with Gasteiger partial charge in [-0.05, 0) is 47.2 Å². The minimum Gasteiger partial charge on any atom is -0.468 e. The van der Waals surface area contributed by atoms with Crippen LogP contribution in [0.1, 0.15) is 31.9 Å². The van der Waals surface area contributed by atoms with Gasteiger partial charge in [0.05, 0.1) is 12.0 Å². The van der Waals surface area contributed by atoms with Crippen LogP contribution in [0.25, 0.3) is 0 Å². The Hall–Kier alpha value is -2.25. The predicted molar refractivity (Wildman–Crippen MR) is 101 cm³/mol. The summed E-state index contributed by atoms with van der Waals surface area (Å²) in [5.41, 5.74) is 1.50. The van der Waals surface area contributed by atoms with Gasteiger partial charge in [0.25, 0.3) is 0 Å². The molecular formula is C20H24FNO4S. The van der Waals surface area contributed by atoms with Crippen LogP contribution in [0.4, 0.5) is 4.39 Å². The van der Waals surface area contributed by atoms with E-state index in [9.17, 15) is 17.6 Å². The number of hydrogen-bond acceptors (Lipinski definition) is 4. The standard InChI is InChI=1S/C20H24FNO4S/c1-20(2,3)15-7-11-17(12-8-15)27(24,25)22-18(19(23)26-4)13-14-5-9-16(21)10-6-14/h5-12,18,22H,13H2,1-4H3. The molecular weight excluding hydrogens is 369 g/mol. The van der Waals surface area contributed by atoms with Gasteiger partial charge in [-0.2, -0.15) is 4.72 Å². The van der Waals surface area contributed by atoms with E-state index in [1.807, 2.05) is 20.8 Å². The molecule has 0 amide bonds. The van der Waals surface area contributed by atoms with Gasteiger partial charge in [-0.15, -0.1) is 0 Å². The van der Waals surface area contributed by atoms with Crippen LogP contribution >= 0.6 is 0 Å². The van der Waals surface area contributed by atoms with Crippen LogP contribution in [0.2, 0.25) is 0 Å². The number of carbonyl (C=O) groups is 1. The van der Waals surface area contributed by atoms with Gasteiger partial charge in [0.1, 0.15) is 11.9 Å². The Bertz CT molecular complexity index is 885. The number of halogens is 1. The molecule has 2 aromatic carbocycles. The van der Waals surface area contributed by atoms with Gasteiger partial charge in [0.2, 0.25) is 10.0 Å². The maximum absolute atomic E-state index is 13.1. The third-order valence-electron chi connectivity index (χ3n) is 4.17. The van der Waals surface area contributed by atoms with Crippen molar-refractivity contribution in [3.8, 4) is 0 Å². The number of sulfonamides is 1. The maximum Gasteiger partial charge on any atom is 0.324 e. The lowest BCUT2D eigenvalue weighted by molar-refractivity contribution is -0.142. The second-order valence-electron chi connectivity index (χ2n) is 7.30. The van der Waals surface area contributed by atoms with Gasteiger partial charge in [-0.25, -0.2) is 12.8 Å². The van der Waals surface area contributed by atoms with Gasteiger partial charge in [0, 0.05) is 0 Å². The number of nitrogens with one attached hydrogen (secondary N) is 1. The molecule has 0 aliphatic rings. The summed E-state index contributed by atoms with van der Waals surface area (Å²) >= 11 is 0. The molecule has 2 rings (SSSR count). The van der Waals surface area contributed by atoms with Crippen molar-refractivity contribution in [2.24, 2.45) is 0 Å². The minimum absolute atomic E-state index is 0.0479. The summed E-state index contributed by atoms with van der Waals surface area (Å²) in [6.45, 7) is 6.10. The van der Waals surface area contributed by atoms with Crippen molar-refractivity contribution < 1.29 is 22.3 Å². The first-order chi connectivity index (χ1) is 12.5. The average molecular weight is 393 g/mol. The molecule has 0 heterocycles. The highest BCUT2D eigenvalue weighted by Crippen LogP contribution is 2.23. The van der Waals surface area contributed by atoms with Crippen molar-refractivity contribution in [3.63, 3.8) is 0 Å².